The van der Waals surface area contributed by atoms with Crippen LogP contribution in [0, 0.1) is 39.9 Å². The molecule has 4 nitrogen and oxygen atoms in total. The Morgan fingerprint density at radius 2 is 1.62 bits per heavy atom. The summed E-state index contributed by atoms with van der Waals surface area (Å²) in [5.41, 5.74) is 0.597. The maximum Gasteiger partial charge on any atom is 0.136 e. The molecule has 0 N–H and O–H groups in total. The topological polar surface area (TPSA) is 93.7 Å². The van der Waals surface area contributed by atoms with Crippen LogP contribution in [-0.2, 0) is 0 Å². The van der Waals surface area contributed by atoms with Crippen molar-refractivity contribution in [1.29, 1.82) is 15.8 Å². The molecule has 0 aromatic rings. The highest BCUT2D eigenvalue weighted by atomic mass is 14.3. The number of hydrogen-bond donors (Lipinski definition) is 0. The second-order valence-electron chi connectivity index (χ2n) is 2.94. The Morgan fingerprint density at radius 1 is 1.06 bits per heavy atom. The summed E-state index contributed by atoms with van der Waals surface area (Å²) < 4.78 is 0. The summed E-state index contributed by atoms with van der Waals surface area (Å²) in [6, 6.07) is 5.35. The molecule has 16 heavy (non-hydrogen) atoms. The third kappa shape index (κ3) is 2.14. The normalized spacial score (nSPS) is 16.6. The van der Waals surface area contributed by atoms with E-state index in [1.807, 2.05) is 0 Å². The SMILES string of the molecule is N#CC(=C=[N-])C1C=CC(=C(C#N)C#N)C=C1. The summed E-state index contributed by atoms with van der Waals surface area (Å²) in [5.74, 6) is 1.44. The first-order valence-corrected chi connectivity index (χ1v) is 4.34. The summed E-state index contributed by atoms with van der Waals surface area (Å²) in [6.07, 6.45) is 6.37. The average Bonchev–Trinajstić information content (AvgIpc) is 2.34. The minimum absolute atomic E-state index is 0.0152. The largest absolute Gasteiger partial charge is 0.762 e. The lowest BCUT2D eigenvalue weighted by Gasteiger charge is -2.10. The van der Waals surface area contributed by atoms with Gasteiger partial charge in [0.05, 0.1) is 5.57 Å². The highest BCUT2D eigenvalue weighted by Crippen LogP contribution is 2.20. The summed E-state index contributed by atoms with van der Waals surface area (Å²) in [7, 11) is 0. The molecular weight excluding hydrogens is 200 g/mol. The maximum atomic E-state index is 8.65. The van der Waals surface area contributed by atoms with Gasteiger partial charge in [0.2, 0.25) is 0 Å². The number of hydrogen-bond acceptors (Lipinski definition) is 3. The zero-order valence-corrected chi connectivity index (χ0v) is 8.18. The van der Waals surface area contributed by atoms with Crippen molar-refractivity contribution in [3.63, 3.8) is 0 Å². The molecule has 0 aromatic heterocycles. The van der Waals surface area contributed by atoms with Crippen molar-refractivity contribution in [2.24, 2.45) is 5.92 Å². The van der Waals surface area contributed by atoms with Crippen molar-refractivity contribution in [1.82, 2.24) is 0 Å². The predicted molar refractivity (Wildman–Crippen MR) is 57.5 cm³/mol. The van der Waals surface area contributed by atoms with Gasteiger partial charge in [-0.25, -0.2) is 0 Å². The molecule has 0 atom stereocenters. The van der Waals surface area contributed by atoms with Crippen LogP contribution in [0.25, 0.3) is 5.41 Å². The van der Waals surface area contributed by atoms with E-state index in [0.717, 1.165) is 0 Å². The second kappa shape index (κ2) is 5.13. The first-order chi connectivity index (χ1) is 7.76. The van der Waals surface area contributed by atoms with Crippen LogP contribution in [0.15, 0.2) is 41.0 Å². The Labute approximate surface area is 92.9 Å². The molecule has 0 amide bonds. The second-order valence-corrected chi connectivity index (χ2v) is 2.94. The van der Waals surface area contributed by atoms with E-state index in [1.165, 1.54) is 0 Å². The minimum Gasteiger partial charge on any atom is -0.762 e. The standard InChI is InChI=1S/C12H5N4/c13-5-11(6-14)9-1-2-10(4-3-9)12(7-15)8-16/h1-4,9H/q-1. The third-order valence-corrected chi connectivity index (χ3v) is 2.05. The van der Waals surface area contributed by atoms with Crippen LogP contribution < -0.4 is 0 Å². The molecule has 0 bridgehead atoms. The lowest BCUT2D eigenvalue weighted by atomic mass is 9.93. The molecule has 0 heterocycles. The lowest BCUT2D eigenvalue weighted by molar-refractivity contribution is 1.01. The number of allylic oxidation sites excluding steroid dienone is 7. The molecule has 0 fully saturated rings. The first kappa shape index (κ1) is 11.2. The zero-order valence-electron chi connectivity index (χ0n) is 8.18. The fourth-order valence-corrected chi connectivity index (χ4v) is 1.22. The van der Waals surface area contributed by atoms with Gasteiger partial charge in [0.25, 0.3) is 0 Å². The number of nitriles is 3. The van der Waals surface area contributed by atoms with Crippen LogP contribution in [-0.4, -0.2) is 5.87 Å². The molecule has 0 saturated carbocycles. The van der Waals surface area contributed by atoms with Gasteiger partial charge in [0, 0.05) is 11.5 Å². The Balaban J connectivity index is 3.06. The van der Waals surface area contributed by atoms with E-state index in [4.69, 9.17) is 21.2 Å². The first-order valence-electron chi connectivity index (χ1n) is 4.34. The van der Waals surface area contributed by atoms with Crippen molar-refractivity contribution >= 4 is 5.87 Å². The lowest BCUT2D eigenvalue weighted by Crippen LogP contribution is -2.00. The summed E-state index contributed by atoms with van der Waals surface area (Å²) >= 11 is 0. The fourth-order valence-electron chi connectivity index (χ4n) is 1.22. The van der Waals surface area contributed by atoms with Crippen LogP contribution >= 0.6 is 0 Å². The summed E-state index contributed by atoms with van der Waals surface area (Å²) in [6.45, 7) is 0. The smallest absolute Gasteiger partial charge is 0.136 e. The van der Waals surface area contributed by atoms with E-state index >= 15 is 0 Å². The van der Waals surface area contributed by atoms with Gasteiger partial charge in [0.1, 0.15) is 23.8 Å². The highest BCUT2D eigenvalue weighted by Gasteiger charge is 2.11. The molecule has 74 valence electrons. The van der Waals surface area contributed by atoms with Crippen LogP contribution in [0.4, 0.5) is 0 Å². The van der Waals surface area contributed by atoms with Crippen molar-refractivity contribution < 1.29 is 0 Å². The highest BCUT2D eigenvalue weighted by molar-refractivity contribution is 5.69. The quantitative estimate of drug-likeness (QED) is 0.482. The minimum atomic E-state index is -0.364. The van der Waals surface area contributed by atoms with Crippen molar-refractivity contribution in [2.45, 2.75) is 0 Å². The van der Waals surface area contributed by atoms with Crippen LogP contribution in [0.1, 0.15) is 0 Å². The van der Waals surface area contributed by atoms with E-state index < -0.39 is 0 Å². The Kier molecular flexibility index (Phi) is 3.59. The van der Waals surface area contributed by atoms with Crippen molar-refractivity contribution in [3.8, 4) is 18.2 Å². The average molecular weight is 205 g/mol. The third-order valence-electron chi connectivity index (χ3n) is 2.05. The fraction of sp³-hybridized carbons (Fsp3) is 0.0833. The van der Waals surface area contributed by atoms with Gasteiger partial charge >= 0.3 is 0 Å². The van der Waals surface area contributed by atoms with Gasteiger partial charge in [-0.3, -0.25) is 5.87 Å². The molecule has 0 unspecified atom stereocenters. The summed E-state index contributed by atoms with van der Waals surface area (Å²) in [4.78, 5) is 0. The molecule has 0 saturated heterocycles. The van der Waals surface area contributed by atoms with Crippen LogP contribution in [0.5, 0.6) is 0 Å². The molecular formula is C12H5N4-. The summed E-state index contributed by atoms with van der Waals surface area (Å²) in [5, 5.41) is 34.6. The van der Waals surface area contributed by atoms with E-state index in [2.05, 4.69) is 0 Å². The predicted octanol–water partition coefficient (Wildman–Crippen LogP) is 1.76. The maximum absolute atomic E-state index is 8.65. The number of nitrogens with zero attached hydrogens (tertiary/aromatic N) is 4. The van der Waals surface area contributed by atoms with Crippen molar-refractivity contribution in [2.75, 3.05) is 0 Å². The van der Waals surface area contributed by atoms with Gasteiger partial charge in [-0.2, -0.15) is 15.8 Å². The van der Waals surface area contributed by atoms with Gasteiger partial charge < -0.3 is 5.41 Å². The van der Waals surface area contributed by atoms with Gasteiger partial charge in [0.15, 0.2) is 0 Å². The number of rotatable bonds is 1. The van der Waals surface area contributed by atoms with E-state index in [1.54, 1.807) is 48.4 Å². The molecule has 0 radical (unpaired) electrons. The Hall–Kier alpha value is -2.86. The monoisotopic (exact) mass is 205 g/mol. The molecule has 1 rings (SSSR count). The van der Waals surface area contributed by atoms with E-state index in [-0.39, 0.29) is 17.1 Å². The molecule has 0 aromatic carbocycles. The van der Waals surface area contributed by atoms with Gasteiger partial charge in [-0.05, 0) is 0 Å². The van der Waals surface area contributed by atoms with E-state index in [9.17, 15) is 0 Å². The Morgan fingerprint density at radius 3 is 2.00 bits per heavy atom. The zero-order chi connectivity index (χ0) is 12.0. The molecule has 1 aliphatic rings. The molecule has 4 heteroatoms. The van der Waals surface area contributed by atoms with Crippen LogP contribution in [0.2, 0.25) is 0 Å². The van der Waals surface area contributed by atoms with E-state index in [0.29, 0.717) is 5.57 Å². The molecule has 1 aliphatic carbocycles. The molecule has 0 spiro atoms. The van der Waals surface area contributed by atoms with Gasteiger partial charge in [-0.1, -0.05) is 24.3 Å². The van der Waals surface area contributed by atoms with Crippen molar-refractivity contribution in [3.05, 3.63) is 46.4 Å². The van der Waals surface area contributed by atoms with Gasteiger partial charge in [-0.15, -0.1) is 0 Å². The molecule has 0 aliphatic heterocycles. The Bertz CT molecular complexity index is 532. The van der Waals surface area contributed by atoms with Crippen LogP contribution in [0.3, 0.4) is 0 Å².